The van der Waals surface area contributed by atoms with E-state index in [9.17, 15) is 8.42 Å². The van der Waals surface area contributed by atoms with E-state index in [1.54, 1.807) is 28.6 Å². The summed E-state index contributed by atoms with van der Waals surface area (Å²) in [5, 5.41) is 2.93. The van der Waals surface area contributed by atoms with Gasteiger partial charge in [-0.15, -0.1) is 0 Å². The van der Waals surface area contributed by atoms with Gasteiger partial charge >= 0.3 is 0 Å². The van der Waals surface area contributed by atoms with Gasteiger partial charge in [0, 0.05) is 18.8 Å². The maximum Gasteiger partial charge on any atom is 0.243 e. The minimum absolute atomic E-state index is 0.157. The fourth-order valence-electron chi connectivity index (χ4n) is 2.80. The lowest BCUT2D eigenvalue weighted by Crippen LogP contribution is -2.42. The van der Waals surface area contributed by atoms with Crippen LogP contribution >= 0.6 is 12.2 Å². The molecule has 1 aliphatic heterocycles. The van der Waals surface area contributed by atoms with Crippen molar-refractivity contribution in [2.45, 2.75) is 25.2 Å². The zero-order valence-electron chi connectivity index (χ0n) is 12.2. The highest BCUT2D eigenvalue weighted by molar-refractivity contribution is 7.89. The maximum absolute atomic E-state index is 12.7. The molecule has 0 bridgehead atoms. The molecule has 2 atom stereocenters. The van der Waals surface area contributed by atoms with Crippen molar-refractivity contribution < 1.29 is 8.42 Å². The van der Waals surface area contributed by atoms with Crippen LogP contribution in [0.25, 0.3) is 0 Å². The Hall–Kier alpha value is -1.18. The molecule has 0 radical (unpaired) electrons. The molecule has 2 rings (SSSR count). The van der Waals surface area contributed by atoms with Gasteiger partial charge in [0.05, 0.1) is 4.90 Å². The number of hydrogen-bond donors (Lipinski definition) is 2. The zero-order valence-corrected chi connectivity index (χ0v) is 13.9. The number of rotatable bonds is 3. The lowest BCUT2D eigenvalue weighted by atomic mass is 9.94. The summed E-state index contributed by atoms with van der Waals surface area (Å²) in [5.74, 6) is 0.776. The van der Waals surface area contributed by atoms with Gasteiger partial charge in [-0.2, -0.15) is 4.31 Å². The van der Waals surface area contributed by atoms with Crippen molar-refractivity contribution in [3.63, 3.8) is 0 Å². The number of piperidine rings is 1. The number of benzene rings is 1. The summed E-state index contributed by atoms with van der Waals surface area (Å²) in [7, 11) is -3.43. The van der Waals surface area contributed by atoms with Crippen molar-refractivity contribution >= 4 is 33.0 Å². The number of hydrogen-bond acceptors (Lipinski definition) is 3. The normalized spacial score (nSPS) is 23.7. The first-order valence-corrected chi connectivity index (χ1v) is 8.80. The number of sulfonamides is 1. The fraction of sp³-hybridized carbons (Fsp3) is 0.500. The van der Waals surface area contributed by atoms with Crippen molar-refractivity contribution in [3.05, 3.63) is 24.3 Å². The molecule has 0 aromatic heterocycles. The van der Waals surface area contributed by atoms with Gasteiger partial charge in [0.25, 0.3) is 0 Å². The van der Waals surface area contributed by atoms with E-state index in [2.05, 4.69) is 19.2 Å². The molecule has 0 spiro atoms. The Labute approximate surface area is 131 Å². The first-order chi connectivity index (χ1) is 9.79. The highest BCUT2D eigenvalue weighted by Crippen LogP contribution is 2.27. The van der Waals surface area contributed by atoms with Gasteiger partial charge in [0.15, 0.2) is 5.11 Å². The standard InChI is InChI=1S/C14H21N3O2S2/c1-10-7-11(2)9-17(8-10)21(18,19)13-5-3-12(4-6-13)16-14(15)20/h3-6,10-11H,7-9H2,1-2H3,(H3,15,16,20). The second-order valence-corrected chi connectivity index (χ2v) is 8.16. The maximum atomic E-state index is 12.7. The van der Waals surface area contributed by atoms with Gasteiger partial charge in [-0.3, -0.25) is 0 Å². The molecule has 116 valence electrons. The Kier molecular flexibility index (Phi) is 4.85. The Bertz CT molecular complexity index is 604. The molecule has 0 saturated carbocycles. The van der Waals surface area contributed by atoms with Crippen molar-refractivity contribution in [2.75, 3.05) is 18.4 Å². The lowest BCUT2D eigenvalue weighted by Gasteiger charge is -2.34. The van der Waals surface area contributed by atoms with Crippen LogP contribution in [0.2, 0.25) is 0 Å². The minimum atomic E-state index is -3.43. The van der Waals surface area contributed by atoms with Crippen LogP contribution in [-0.4, -0.2) is 30.9 Å². The van der Waals surface area contributed by atoms with Crippen molar-refractivity contribution in [2.24, 2.45) is 17.6 Å². The molecule has 1 aromatic rings. The summed E-state index contributed by atoms with van der Waals surface area (Å²) in [6.07, 6.45) is 1.07. The van der Waals surface area contributed by atoms with Crippen LogP contribution in [0.4, 0.5) is 5.69 Å². The SMILES string of the molecule is CC1CC(C)CN(S(=O)(=O)c2ccc(NC(N)=S)cc2)C1. The van der Waals surface area contributed by atoms with Gasteiger partial charge in [-0.1, -0.05) is 13.8 Å². The van der Waals surface area contributed by atoms with E-state index < -0.39 is 10.0 Å². The second-order valence-electron chi connectivity index (χ2n) is 5.78. The monoisotopic (exact) mass is 327 g/mol. The molecule has 1 aliphatic rings. The third-order valence-electron chi connectivity index (χ3n) is 3.59. The van der Waals surface area contributed by atoms with Crippen LogP contribution in [0.1, 0.15) is 20.3 Å². The number of nitrogens with two attached hydrogens (primary N) is 1. The van der Waals surface area contributed by atoms with E-state index in [4.69, 9.17) is 18.0 Å². The largest absolute Gasteiger partial charge is 0.376 e. The summed E-state index contributed by atoms with van der Waals surface area (Å²) < 4.78 is 26.9. The number of thiocarbonyl (C=S) groups is 1. The zero-order chi connectivity index (χ0) is 15.6. The molecule has 7 heteroatoms. The van der Waals surface area contributed by atoms with Crippen molar-refractivity contribution in [1.29, 1.82) is 0 Å². The lowest BCUT2D eigenvalue weighted by molar-refractivity contribution is 0.222. The molecule has 3 N–H and O–H groups in total. The Morgan fingerprint density at radius 2 is 1.76 bits per heavy atom. The van der Waals surface area contributed by atoms with E-state index in [0.717, 1.165) is 6.42 Å². The van der Waals surface area contributed by atoms with Crippen molar-refractivity contribution in [3.8, 4) is 0 Å². The number of anilines is 1. The third kappa shape index (κ3) is 3.93. The van der Waals surface area contributed by atoms with Crippen LogP contribution in [0, 0.1) is 11.8 Å². The minimum Gasteiger partial charge on any atom is -0.376 e. The predicted octanol–water partition coefficient (Wildman–Crippen LogP) is 2.01. The highest BCUT2D eigenvalue weighted by Gasteiger charge is 2.31. The molecule has 21 heavy (non-hydrogen) atoms. The van der Waals surface area contributed by atoms with Crippen LogP contribution < -0.4 is 11.1 Å². The molecule has 1 fully saturated rings. The molecule has 1 aromatic carbocycles. The summed E-state index contributed by atoms with van der Waals surface area (Å²) in [6, 6.07) is 6.51. The molecule has 0 aliphatic carbocycles. The van der Waals surface area contributed by atoms with E-state index in [-0.39, 0.29) is 5.11 Å². The van der Waals surface area contributed by atoms with Crippen LogP contribution in [0.3, 0.4) is 0 Å². The number of nitrogens with zero attached hydrogens (tertiary/aromatic N) is 1. The van der Waals surface area contributed by atoms with E-state index in [1.807, 2.05) is 0 Å². The molecule has 0 amide bonds. The van der Waals surface area contributed by atoms with E-state index in [0.29, 0.717) is 35.5 Å². The fourth-order valence-corrected chi connectivity index (χ4v) is 4.60. The topological polar surface area (TPSA) is 75.4 Å². The molecular weight excluding hydrogens is 306 g/mol. The van der Waals surface area contributed by atoms with Crippen molar-refractivity contribution in [1.82, 2.24) is 4.31 Å². The Balaban J connectivity index is 2.21. The first kappa shape index (κ1) is 16.2. The van der Waals surface area contributed by atoms with Gasteiger partial charge < -0.3 is 11.1 Å². The molecule has 2 unspecified atom stereocenters. The van der Waals surface area contributed by atoms with E-state index >= 15 is 0 Å². The number of nitrogens with one attached hydrogen (secondary N) is 1. The summed E-state index contributed by atoms with van der Waals surface area (Å²) in [6.45, 7) is 5.35. The molecule has 5 nitrogen and oxygen atoms in total. The van der Waals surface area contributed by atoms with Gasteiger partial charge in [-0.25, -0.2) is 8.42 Å². The molecular formula is C14H21N3O2S2. The quantitative estimate of drug-likeness (QED) is 0.831. The predicted molar refractivity (Wildman–Crippen MR) is 88.6 cm³/mol. The second kappa shape index (κ2) is 6.29. The average molecular weight is 327 g/mol. The summed E-state index contributed by atoms with van der Waals surface area (Å²) in [5.41, 5.74) is 6.07. The summed E-state index contributed by atoms with van der Waals surface area (Å²) >= 11 is 4.75. The average Bonchev–Trinajstić information content (AvgIpc) is 2.37. The van der Waals surface area contributed by atoms with Crippen LogP contribution in [0.5, 0.6) is 0 Å². The van der Waals surface area contributed by atoms with E-state index in [1.165, 1.54) is 0 Å². The molecule has 1 saturated heterocycles. The van der Waals surface area contributed by atoms with Crippen LogP contribution in [-0.2, 0) is 10.0 Å². The third-order valence-corrected chi connectivity index (χ3v) is 5.54. The summed E-state index contributed by atoms with van der Waals surface area (Å²) in [4.78, 5) is 0.303. The highest BCUT2D eigenvalue weighted by atomic mass is 32.2. The smallest absolute Gasteiger partial charge is 0.243 e. The molecule has 1 heterocycles. The van der Waals surface area contributed by atoms with Crippen LogP contribution in [0.15, 0.2) is 29.2 Å². The Morgan fingerprint density at radius 3 is 2.24 bits per heavy atom. The first-order valence-electron chi connectivity index (χ1n) is 6.95. The Morgan fingerprint density at radius 1 is 1.24 bits per heavy atom. The van der Waals surface area contributed by atoms with Gasteiger partial charge in [-0.05, 0) is 54.7 Å². The van der Waals surface area contributed by atoms with Gasteiger partial charge in [0.2, 0.25) is 10.0 Å². The van der Waals surface area contributed by atoms with Gasteiger partial charge in [0.1, 0.15) is 0 Å².